The van der Waals surface area contributed by atoms with Gasteiger partial charge in [0.25, 0.3) is 0 Å². The van der Waals surface area contributed by atoms with Gasteiger partial charge in [-0.15, -0.1) is 0 Å². The molecular weight excluding hydrogens is 265 g/mol. The highest BCUT2D eigenvalue weighted by Gasteiger charge is 2.53. The molecule has 1 aromatic carbocycles. The molecule has 0 aromatic heterocycles. The van der Waals surface area contributed by atoms with E-state index in [1.807, 2.05) is 0 Å². The largest absolute Gasteiger partial charge is 0.379 e. The minimum Gasteiger partial charge on any atom is -0.379 e. The van der Waals surface area contributed by atoms with Gasteiger partial charge in [0.05, 0.1) is 0 Å². The van der Waals surface area contributed by atoms with Gasteiger partial charge in [-0.1, -0.05) is 63.5 Å². The molecule has 2 aliphatic rings. The zero-order valence-corrected chi connectivity index (χ0v) is 14.6. The lowest BCUT2D eigenvalue weighted by Gasteiger charge is -2.45. The molecule has 118 valence electrons. The summed E-state index contributed by atoms with van der Waals surface area (Å²) in [5, 5.41) is 3.80. The van der Waals surface area contributed by atoms with Gasteiger partial charge in [-0.25, -0.2) is 0 Å². The van der Waals surface area contributed by atoms with E-state index in [-0.39, 0.29) is 11.0 Å². The third-order valence-electron chi connectivity index (χ3n) is 6.36. The number of fused-ring (bicyclic) bond motifs is 3. The normalized spacial score (nSPS) is 29.8. The van der Waals surface area contributed by atoms with Gasteiger partial charge in [0.2, 0.25) is 0 Å². The van der Waals surface area contributed by atoms with Crippen molar-refractivity contribution in [2.24, 2.45) is 0 Å². The maximum Gasteiger partial charge on any atom is 0.116 e. The molecule has 1 aromatic rings. The maximum absolute atomic E-state index is 6.41. The van der Waals surface area contributed by atoms with E-state index in [9.17, 15) is 0 Å². The first-order valence-electron chi connectivity index (χ1n) is 9.21. The first-order valence-corrected chi connectivity index (χ1v) is 9.21. The molecule has 1 N–H and O–H groups in total. The summed E-state index contributed by atoms with van der Waals surface area (Å²) in [5.41, 5.74) is 5.53. The zero-order valence-electron chi connectivity index (χ0n) is 14.6. The Morgan fingerprint density at radius 1 is 1.09 bits per heavy atom. The fraction of sp³-hybridized carbons (Fsp3) is 0.700. The van der Waals surface area contributed by atoms with Crippen LogP contribution in [0.25, 0.3) is 0 Å². The second-order valence-corrected chi connectivity index (χ2v) is 7.91. The minimum absolute atomic E-state index is 0.183. The molecule has 2 heteroatoms. The molecule has 1 aliphatic carbocycles. The lowest BCUT2D eigenvalue weighted by molar-refractivity contribution is 0.214. The van der Waals surface area contributed by atoms with Crippen LogP contribution in [0.4, 0.5) is 5.69 Å². The molecule has 0 spiro atoms. The maximum atomic E-state index is 6.41. The lowest BCUT2D eigenvalue weighted by atomic mass is 9.61. The zero-order chi connectivity index (χ0) is 15.8. The van der Waals surface area contributed by atoms with Crippen LogP contribution in [-0.2, 0) is 11.8 Å². The number of aryl methyl sites for hydroxylation is 1. The predicted molar refractivity (Wildman–Crippen MR) is 97.5 cm³/mol. The highest BCUT2D eigenvalue weighted by molar-refractivity contribution is 6.36. The Balaban J connectivity index is 1.88. The summed E-state index contributed by atoms with van der Waals surface area (Å²) in [6.07, 6.45) is 11.6. The van der Waals surface area contributed by atoms with Crippen molar-refractivity contribution in [3.05, 3.63) is 23.3 Å². The SMILES string of the molecule is [B]c1cc(CCCCCC)cc2c1NC1(C)CCCCC21C. The van der Waals surface area contributed by atoms with E-state index in [0.29, 0.717) is 0 Å². The summed E-state index contributed by atoms with van der Waals surface area (Å²) in [6.45, 7) is 7.11. The van der Waals surface area contributed by atoms with Crippen molar-refractivity contribution in [3.8, 4) is 0 Å². The van der Waals surface area contributed by atoms with Crippen molar-refractivity contribution in [2.75, 3.05) is 5.32 Å². The Bertz CT molecular complexity index is 553. The predicted octanol–water partition coefficient (Wildman–Crippen LogP) is 4.62. The summed E-state index contributed by atoms with van der Waals surface area (Å²) in [7, 11) is 6.41. The van der Waals surface area contributed by atoms with Gasteiger partial charge in [-0.3, -0.25) is 0 Å². The number of anilines is 1. The molecule has 2 unspecified atom stereocenters. The van der Waals surface area contributed by atoms with Crippen LogP contribution < -0.4 is 10.8 Å². The van der Waals surface area contributed by atoms with Crippen LogP contribution in [0, 0.1) is 0 Å². The smallest absolute Gasteiger partial charge is 0.116 e. The first kappa shape index (κ1) is 16.0. The Morgan fingerprint density at radius 3 is 2.64 bits per heavy atom. The van der Waals surface area contributed by atoms with E-state index >= 15 is 0 Å². The van der Waals surface area contributed by atoms with Gasteiger partial charge in [0.15, 0.2) is 0 Å². The van der Waals surface area contributed by atoms with Crippen LogP contribution in [-0.4, -0.2) is 13.4 Å². The Hall–Kier alpha value is -0.915. The van der Waals surface area contributed by atoms with Gasteiger partial charge < -0.3 is 5.32 Å². The fourth-order valence-corrected chi connectivity index (χ4v) is 4.62. The van der Waals surface area contributed by atoms with E-state index in [1.165, 1.54) is 74.6 Å². The second-order valence-electron chi connectivity index (χ2n) is 7.91. The summed E-state index contributed by atoms with van der Waals surface area (Å²) < 4.78 is 0. The molecule has 1 nitrogen and oxygen atoms in total. The minimum atomic E-state index is 0.183. The number of nitrogens with one attached hydrogen (secondary N) is 1. The van der Waals surface area contributed by atoms with E-state index in [0.717, 1.165) is 5.46 Å². The average molecular weight is 295 g/mol. The highest BCUT2D eigenvalue weighted by Crippen LogP contribution is 2.54. The standard InChI is InChI=1S/C20H30BN/c1-4-5-6-7-10-15-13-16-18(17(21)14-15)22-20(3)12-9-8-11-19(16,20)2/h13-14,22H,4-12H2,1-3H3. The third kappa shape index (κ3) is 2.49. The quantitative estimate of drug-likeness (QED) is 0.617. The molecule has 3 rings (SSSR count). The monoisotopic (exact) mass is 295 g/mol. The summed E-state index contributed by atoms with van der Waals surface area (Å²) in [5.74, 6) is 0. The molecule has 0 amide bonds. The molecule has 0 bridgehead atoms. The molecule has 0 saturated heterocycles. The van der Waals surface area contributed by atoms with E-state index < -0.39 is 0 Å². The van der Waals surface area contributed by atoms with Gasteiger partial charge in [0.1, 0.15) is 7.85 Å². The highest BCUT2D eigenvalue weighted by atomic mass is 15.0. The van der Waals surface area contributed by atoms with Gasteiger partial charge in [-0.05, 0) is 43.7 Å². The van der Waals surface area contributed by atoms with Gasteiger partial charge >= 0.3 is 0 Å². The van der Waals surface area contributed by atoms with E-state index in [4.69, 9.17) is 7.85 Å². The Kier molecular flexibility index (Phi) is 4.31. The number of unbranched alkanes of at least 4 members (excludes halogenated alkanes) is 3. The Morgan fingerprint density at radius 2 is 1.86 bits per heavy atom. The van der Waals surface area contributed by atoms with Crippen molar-refractivity contribution in [3.63, 3.8) is 0 Å². The number of hydrogen-bond acceptors (Lipinski definition) is 1. The first-order chi connectivity index (χ1) is 10.5. The van der Waals surface area contributed by atoms with Crippen LogP contribution in [0.5, 0.6) is 0 Å². The average Bonchev–Trinajstić information content (AvgIpc) is 2.73. The van der Waals surface area contributed by atoms with E-state index in [1.54, 1.807) is 0 Å². The van der Waals surface area contributed by atoms with Gasteiger partial charge in [-0.2, -0.15) is 0 Å². The second kappa shape index (κ2) is 5.94. The van der Waals surface area contributed by atoms with Crippen molar-refractivity contribution < 1.29 is 0 Å². The van der Waals surface area contributed by atoms with Crippen molar-refractivity contribution in [1.82, 2.24) is 0 Å². The molecule has 2 atom stereocenters. The molecule has 1 aliphatic heterocycles. The topological polar surface area (TPSA) is 12.0 Å². The van der Waals surface area contributed by atoms with Gasteiger partial charge in [0, 0.05) is 16.6 Å². The van der Waals surface area contributed by atoms with Crippen LogP contribution in [0.15, 0.2) is 12.1 Å². The molecule has 22 heavy (non-hydrogen) atoms. The van der Waals surface area contributed by atoms with Crippen LogP contribution in [0.2, 0.25) is 0 Å². The number of rotatable bonds is 5. The molecule has 2 radical (unpaired) electrons. The summed E-state index contributed by atoms with van der Waals surface area (Å²) >= 11 is 0. The lowest BCUT2D eigenvalue weighted by Crippen LogP contribution is -2.50. The van der Waals surface area contributed by atoms with E-state index in [2.05, 4.69) is 38.2 Å². The summed E-state index contributed by atoms with van der Waals surface area (Å²) in [4.78, 5) is 0. The Labute approximate surface area is 137 Å². The number of benzene rings is 1. The fourth-order valence-electron chi connectivity index (χ4n) is 4.62. The number of hydrogen-bond donors (Lipinski definition) is 1. The molecule has 1 saturated carbocycles. The molecular formula is C20H30BN. The van der Waals surface area contributed by atoms with Crippen LogP contribution in [0.3, 0.4) is 0 Å². The summed E-state index contributed by atoms with van der Waals surface area (Å²) in [6, 6.07) is 4.67. The third-order valence-corrected chi connectivity index (χ3v) is 6.36. The van der Waals surface area contributed by atoms with Crippen molar-refractivity contribution in [2.45, 2.75) is 89.5 Å². The van der Waals surface area contributed by atoms with Crippen molar-refractivity contribution >= 4 is 19.0 Å². The molecule has 1 heterocycles. The van der Waals surface area contributed by atoms with Crippen molar-refractivity contribution in [1.29, 1.82) is 0 Å². The molecule has 1 fully saturated rings. The van der Waals surface area contributed by atoms with Crippen LogP contribution >= 0.6 is 0 Å². The van der Waals surface area contributed by atoms with Crippen LogP contribution in [0.1, 0.15) is 83.3 Å².